The van der Waals surface area contributed by atoms with Crippen molar-refractivity contribution in [2.24, 2.45) is 16.7 Å². The lowest BCUT2D eigenvalue weighted by Crippen LogP contribution is -2.49. The van der Waals surface area contributed by atoms with Crippen LogP contribution in [-0.2, 0) is 4.79 Å². The Morgan fingerprint density at radius 2 is 2.17 bits per heavy atom. The van der Waals surface area contributed by atoms with Gasteiger partial charge in [0.2, 0.25) is 0 Å². The summed E-state index contributed by atoms with van der Waals surface area (Å²) in [5.41, 5.74) is 0.356. The van der Waals surface area contributed by atoms with Crippen molar-refractivity contribution in [3.05, 3.63) is 0 Å². The van der Waals surface area contributed by atoms with Gasteiger partial charge in [0.25, 0.3) is 0 Å². The summed E-state index contributed by atoms with van der Waals surface area (Å²) in [5.74, 6) is 1.14. The van der Waals surface area contributed by atoms with Crippen molar-refractivity contribution in [1.29, 1.82) is 0 Å². The number of hydrogen-bond acceptors (Lipinski definition) is 1. The van der Waals surface area contributed by atoms with Crippen LogP contribution in [0.4, 0.5) is 0 Å². The second-order valence-corrected chi connectivity index (χ2v) is 6.62. The number of ketones is 1. The number of alkyl halides is 1. The Hall–Kier alpha value is 0.150. The van der Waals surface area contributed by atoms with E-state index in [1.807, 2.05) is 0 Å². The Morgan fingerprint density at radius 1 is 1.50 bits per heavy atom. The summed E-state index contributed by atoms with van der Waals surface area (Å²) in [6.07, 6.45) is 3.46. The van der Waals surface area contributed by atoms with Crippen LogP contribution in [0.15, 0.2) is 0 Å². The highest BCUT2D eigenvalue weighted by Gasteiger charge is 2.82. The minimum atomic E-state index is -0.0885. The molecule has 2 heteroatoms. The summed E-state index contributed by atoms with van der Waals surface area (Å²) in [7, 11) is 0. The summed E-state index contributed by atoms with van der Waals surface area (Å²) in [6, 6.07) is 0. The molecule has 0 spiro atoms. The van der Waals surface area contributed by atoms with E-state index in [9.17, 15) is 4.79 Å². The molecular weight excluding hydrogens is 216 g/mol. The third kappa shape index (κ3) is 0.417. The Morgan fingerprint density at radius 3 is 2.50 bits per heavy atom. The molecule has 0 aromatic carbocycles. The topological polar surface area (TPSA) is 17.1 Å². The standard InChI is InChI=1S/C10H13BrO/c1-8-4-3-6-9(8,2)5-10(6,11)7(8)12/h6H,3-5H2,1-2H3/t6-,8-,9+,10-/m1/s1. The first-order chi connectivity index (χ1) is 5.45. The van der Waals surface area contributed by atoms with Gasteiger partial charge in [-0.2, -0.15) is 0 Å². The van der Waals surface area contributed by atoms with Gasteiger partial charge in [-0.15, -0.1) is 0 Å². The van der Waals surface area contributed by atoms with E-state index in [4.69, 9.17) is 0 Å². The van der Waals surface area contributed by atoms with Gasteiger partial charge in [-0.1, -0.05) is 29.8 Å². The maximum Gasteiger partial charge on any atom is 0.156 e. The normalized spacial score (nSPS) is 66.9. The van der Waals surface area contributed by atoms with Crippen LogP contribution in [0, 0.1) is 16.7 Å². The zero-order chi connectivity index (χ0) is 8.78. The fraction of sp³-hybridized carbons (Fsp3) is 0.900. The van der Waals surface area contributed by atoms with Crippen molar-refractivity contribution in [2.45, 2.75) is 37.4 Å². The van der Waals surface area contributed by atoms with Gasteiger partial charge in [0.15, 0.2) is 5.78 Å². The fourth-order valence-corrected chi connectivity index (χ4v) is 5.82. The van der Waals surface area contributed by atoms with Crippen molar-refractivity contribution in [1.82, 2.24) is 0 Å². The van der Waals surface area contributed by atoms with Gasteiger partial charge in [-0.25, -0.2) is 0 Å². The van der Waals surface area contributed by atoms with E-state index in [-0.39, 0.29) is 9.74 Å². The molecule has 4 bridgehead atoms. The molecule has 0 N–H and O–H groups in total. The maximum absolute atomic E-state index is 12.0. The Balaban J connectivity index is 2.24. The zero-order valence-corrected chi connectivity index (χ0v) is 9.07. The molecule has 4 rings (SSSR count). The van der Waals surface area contributed by atoms with E-state index < -0.39 is 0 Å². The quantitative estimate of drug-likeness (QED) is 0.583. The van der Waals surface area contributed by atoms with Gasteiger partial charge in [-0.05, 0) is 30.6 Å². The molecule has 66 valence electrons. The Kier molecular flexibility index (Phi) is 0.980. The molecule has 0 heterocycles. The monoisotopic (exact) mass is 228 g/mol. The Bertz CT molecular complexity index is 300. The minimum absolute atomic E-state index is 0.0150. The van der Waals surface area contributed by atoms with Crippen molar-refractivity contribution < 1.29 is 4.79 Å². The molecule has 0 unspecified atom stereocenters. The first-order valence-corrected chi connectivity index (χ1v) is 5.48. The molecule has 4 aliphatic rings. The lowest BCUT2D eigenvalue weighted by molar-refractivity contribution is -0.126. The van der Waals surface area contributed by atoms with Crippen molar-refractivity contribution in [3.63, 3.8) is 0 Å². The first kappa shape index (κ1) is 7.54. The van der Waals surface area contributed by atoms with E-state index >= 15 is 0 Å². The third-order valence-corrected chi connectivity index (χ3v) is 6.21. The summed E-state index contributed by atoms with van der Waals surface area (Å²) in [6.45, 7) is 4.47. The van der Waals surface area contributed by atoms with Gasteiger partial charge in [0.05, 0.1) is 4.32 Å². The highest BCUT2D eigenvalue weighted by molar-refractivity contribution is 9.10. The van der Waals surface area contributed by atoms with Crippen LogP contribution in [0.25, 0.3) is 0 Å². The molecule has 0 radical (unpaired) electrons. The molecule has 1 nitrogen and oxygen atoms in total. The van der Waals surface area contributed by atoms with Crippen molar-refractivity contribution in [3.8, 4) is 0 Å². The molecule has 4 atom stereocenters. The average molecular weight is 229 g/mol. The van der Waals surface area contributed by atoms with Gasteiger partial charge in [0, 0.05) is 5.41 Å². The van der Waals surface area contributed by atoms with E-state index in [0.717, 1.165) is 12.8 Å². The molecule has 0 aromatic heterocycles. The maximum atomic E-state index is 12.0. The van der Waals surface area contributed by atoms with Gasteiger partial charge in [0.1, 0.15) is 0 Å². The molecule has 0 aliphatic heterocycles. The highest BCUT2D eigenvalue weighted by atomic mass is 79.9. The number of halogens is 1. The summed E-state index contributed by atoms with van der Waals surface area (Å²) in [5, 5.41) is 0. The molecule has 4 aliphatic carbocycles. The molecule has 0 amide bonds. The van der Waals surface area contributed by atoms with Crippen LogP contribution in [0.3, 0.4) is 0 Å². The van der Waals surface area contributed by atoms with Gasteiger partial charge >= 0.3 is 0 Å². The number of rotatable bonds is 0. The van der Waals surface area contributed by atoms with Crippen LogP contribution in [0.1, 0.15) is 33.1 Å². The number of carbonyl (C=O) groups excluding carboxylic acids is 1. The van der Waals surface area contributed by atoms with Gasteiger partial charge < -0.3 is 0 Å². The molecule has 4 saturated carbocycles. The molecular formula is C10H13BrO. The molecule has 0 aromatic rings. The van der Waals surface area contributed by atoms with Crippen LogP contribution in [0.2, 0.25) is 0 Å². The smallest absolute Gasteiger partial charge is 0.156 e. The third-order valence-electron chi connectivity index (χ3n) is 5.02. The number of hydrogen-bond donors (Lipinski definition) is 0. The van der Waals surface area contributed by atoms with Crippen LogP contribution in [0.5, 0.6) is 0 Å². The van der Waals surface area contributed by atoms with E-state index in [2.05, 4.69) is 29.8 Å². The zero-order valence-electron chi connectivity index (χ0n) is 7.48. The minimum Gasteiger partial charge on any atom is -0.297 e. The number of Topliss-reactive ketones (excluding diaryl/α,β-unsaturated/α-hetero) is 1. The fourth-order valence-electron chi connectivity index (χ4n) is 4.07. The molecule has 12 heavy (non-hydrogen) atoms. The first-order valence-electron chi connectivity index (χ1n) is 4.69. The summed E-state index contributed by atoms with van der Waals surface area (Å²) in [4.78, 5) is 12.0. The lowest BCUT2D eigenvalue weighted by Gasteiger charge is -2.48. The summed E-state index contributed by atoms with van der Waals surface area (Å²) < 4.78 is -0.0885. The predicted molar refractivity (Wildman–Crippen MR) is 50.2 cm³/mol. The second kappa shape index (κ2) is 1.56. The molecule has 4 fully saturated rings. The predicted octanol–water partition coefficient (Wildman–Crippen LogP) is 2.53. The largest absolute Gasteiger partial charge is 0.297 e. The molecule has 0 saturated heterocycles. The van der Waals surface area contributed by atoms with Crippen molar-refractivity contribution in [2.75, 3.05) is 0 Å². The Labute approximate surface area is 81.0 Å². The second-order valence-electron chi connectivity index (χ2n) is 5.21. The van der Waals surface area contributed by atoms with E-state index in [1.165, 1.54) is 6.42 Å². The van der Waals surface area contributed by atoms with Crippen LogP contribution >= 0.6 is 15.9 Å². The van der Waals surface area contributed by atoms with E-state index in [1.54, 1.807) is 0 Å². The SMILES string of the molecule is C[C@@]12C[C@]3(Br)C(=O)[C@@]1(C)CC[C@H]23. The van der Waals surface area contributed by atoms with Gasteiger partial charge in [-0.3, -0.25) is 4.79 Å². The van der Waals surface area contributed by atoms with Crippen LogP contribution in [-0.4, -0.2) is 10.1 Å². The van der Waals surface area contributed by atoms with E-state index in [0.29, 0.717) is 17.1 Å². The van der Waals surface area contributed by atoms with Crippen molar-refractivity contribution >= 4 is 21.7 Å². The average Bonchev–Trinajstić information content (AvgIpc) is 2.30. The summed E-state index contributed by atoms with van der Waals surface area (Å²) >= 11 is 3.65. The lowest BCUT2D eigenvalue weighted by atomic mass is 9.60. The van der Waals surface area contributed by atoms with Crippen LogP contribution < -0.4 is 0 Å². The highest BCUT2D eigenvalue weighted by Crippen LogP contribution is 2.81. The number of carbonyl (C=O) groups is 1.